The van der Waals surface area contributed by atoms with Crippen LogP contribution in [0.25, 0.3) is 32.7 Å². The van der Waals surface area contributed by atoms with Gasteiger partial charge in [0.25, 0.3) is 0 Å². The molecule has 4 aromatic carbocycles. The zero-order valence-corrected chi connectivity index (χ0v) is 50.7. The highest BCUT2D eigenvalue weighted by Crippen LogP contribution is 2.66. The van der Waals surface area contributed by atoms with Gasteiger partial charge in [-0.25, -0.2) is 0 Å². The van der Waals surface area contributed by atoms with Crippen LogP contribution in [-0.4, -0.2) is 120 Å². The first-order valence-electron chi connectivity index (χ1n) is 28.5. The van der Waals surface area contributed by atoms with Gasteiger partial charge in [-0.05, 0) is 94.8 Å². The maximum Gasteiger partial charge on any atom is 0.460 e. The summed E-state index contributed by atoms with van der Waals surface area (Å²) in [6.45, 7) is -7.41. The molecule has 0 aliphatic carbocycles. The molecule has 0 unspecified atom stereocenters. The first-order chi connectivity index (χ1) is 43.5. The summed E-state index contributed by atoms with van der Waals surface area (Å²) in [4.78, 5) is 0. The van der Waals surface area contributed by atoms with Crippen molar-refractivity contribution in [3.8, 4) is 22.6 Å². The zero-order valence-electron chi connectivity index (χ0n) is 48.9. The van der Waals surface area contributed by atoms with Gasteiger partial charge in [0.15, 0.2) is 13.2 Å². The quantitative estimate of drug-likeness (QED) is 0.0264. The molecule has 0 radical (unpaired) electrons. The summed E-state index contributed by atoms with van der Waals surface area (Å²) in [6, 6.07) is 8.44. The van der Waals surface area contributed by atoms with Crippen LogP contribution >= 0.6 is 25.3 Å². The van der Waals surface area contributed by atoms with Crippen LogP contribution in [0, 0.1) is 0 Å². The second kappa shape index (κ2) is 29.9. The lowest BCUT2D eigenvalue weighted by atomic mass is 9.89. The van der Waals surface area contributed by atoms with E-state index in [1.54, 1.807) is 0 Å². The first-order valence-corrected chi connectivity index (χ1v) is 29.8. The molecule has 96 heavy (non-hydrogen) atoms. The molecule has 4 rings (SSSR count). The molecule has 0 aromatic heterocycles. The fourth-order valence-electron chi connectivity index (χ4n) is 9.70. The second-order valence-corrected chi connectivity index (χ2v) is 23.4. The highest BCUT2D eigenvalue weighted by molar-refractivity contribution is 7.80. The van der Waals surface area contributed by atoms with Crippen molar-refractivity contribution in [1.29, 1.82) is 0 Å². The lowest BCUT2D eigenvalue weighted by Gasteiger charge is -2.42. The Balaban J connectivity index is 2.00. The lowest BCUT2D eigenvalue weighted by molar-refractivity contribution is -0.462. The van der Waals surface area contributed by atoms with Crippen LogP contribution in [0.3, 0.4) is 0 Å². The average Bonchev–Trinajstić information content (AvgIpc) is 0.702. The minimum atomic E-state index is -9.07. The van der Waals surface area contributed by atoms with E-state index in [9.17, 15) is 96.6 Å². The maximum atomic E-state index is 15.7. The molecule has 0 aliphatic rings. The van der Waals surface area contributed by atoms with Crippen molar-refractivity contribution in [2.45, 2.75) is 211 Å². The fourth-order valence-corrected chi connectivity index (χ4v) is 10.1. The molecule has 0 aliphatic heterocycles. The van der Waals surface area contributed by atoms with Gasteiger partial charge in [0, 0.05) is 11.1 Å². The molecule has 0 atom stereocenters. The van der Waals surface area contributed by atoms with Crippen molar-refractivity contribution < 1.29 is 159 Å². The van der Waals surface area contributed by atoms with Gasteiger partial charge < -0.3 is 9.47 Å². The number of benzene rings is 4. The minimum Gasteiger partial charge on any atom is -0.486 e. The molecule has 0 amide bonds. The third kappa shape index (κ3) is 15.6. The molecule has 0 spiro atoms. The monoisotopic (exact) mass is 1490 g/mol. The number of fused-ring (bicyclic) bond motifs is 2. The first kappa shape index (κ1) is 83.7. The van der Waals surface area contributed by atoms with Gasteiger partial charge in [-0.15, -0.1) is 0 Å². The predicted molar refractivity (Wildman–Crippen MR) is 288 cm³/mol. The van der Waals surface area contributed by atoms with Gasteiger partial charge in [0.1, 0.15) is 11.5 Å². The van der Waals surface area contributed by atoms with Crippen molar-refractivity contribution in [2.24, 2.45) is 0 Å². The van der Waals surface area contributed by atoms with Crippen LogP contribution in [0.1, 0.15) is 114 Å². The smallest absolute Gasteiger partial charge is 0.460 e. The lowest BCUT2D eigenvalue weighted by Crippen LogP contribution is -2.74. The summed E-state index contributed by atoms with van der Waals surface area (Å²) in [7, 11) is 0. The van der Waals surface area contributed by atoms with Crippen LogP contribution in [-0.2, 0) is 12.8 Å². The van der Waals surface area contributed by atoms with E-state index in [0.29, 0.717) is 73.3 Å². The third-order valence-electron chi connectivity index (χ3n) is 15.5. The van der Waals surface area contributed by atoms with Gasteiger partial charge in [0.05, 0.1) is 0 Å². The molecule has 0 fully saturated rings. The Morgan fingerprint density at radius 2 is 0.479 bits per heavy atom. The van der Waals surface area contributed by atoms with Gasteiger partial charge in [0.2, 0.25) is 0 Å². The average molecular weight is 1500 g/mol. The van der Waals surface area contributed by atoms with E-state index >= 15 is 52.7 Å². The molecule has 0 saturated carbocycles. The van der Waals surface area contributed by atoms with Gasteiger partial charge in [-0.3, -0.25) is 0 Å². The fraction of sp³-hybridized carbons (Fsp3) is 0.655. The number of unbranched alkanes of at least 4 members (excludes halogenated alkanes) is 14. The Labute approximate surface area is 534 Å². The second-order valence-electron chi connectivity index (χ2n) is 22.5. The third-order valence-corrected chi connectivity index (χ3v) is 16.1. The molecule has 2 nitrogen and oxygen atoms in total. The van der Waals surface area contributed by atoms with Crippen LogP contribution in [0.15, 0.2) is 60.7 Å². The molecule has 0 bridgehead atoms. The van der Waals surface area contributed by atoms with E-state index in [1.165, 1.54) is 12.1 Å². The molecule has 0 N–H and O–H groups in total. The Hall–Kier alpha value is -4.68. The number of aryl methyl sites for hydroxylation is 2. The predicted octanol–water partition coefficient (Wildman–Crippen LogP) is 23.6. The summed E-state index contributed by atoms with van der Waals surface area (Å²) in [6.07, 6.45) is -4.47. The number of ether oxygens (including phenoxy) is 2. The minimum absolute atomic E-state index is 0.130. The van der Waals surface area contributed by atoms with Crippen molar-refractivity contribution in [3.05, 3.63) is 71.8 Å². The summed E-state index contributed by atoms with van der Waals surface area (Å²) < 4.78 is 496. The Bertz CT molecular complexity index is 2980. The van der Waals surface area contributed by atoms with E-state index in [1.807, 2.05) is 0 Å². The number of thiol groups is 2. The number of rotatable bonds is 39. The Morgan fingerprint density at radius 3 is 0.729 bits per heavy atom. The largest absolute Gasteiger partial charge is 0.486 e. The topological polar surface area (TPSA) is 18.5 Å². The highest BCUT2D eigenvalue weighted by Gasteiger charge is 2.97. The molecule has 38 heteroatoms. The number of alkyl halides is 34. The summed E-state index contributed by atoms with van der Waals surface area (Å²) in [5, 5.41) is -1.94. The Kier molecular flexibility index (Phi) is 26.1. The van der Waals surface area contributed by atoms with Gasteiger partial charge in [-0.1, -0.05) is 126 Å². The number of hydrogen-bond acceptors (Lipinski definition) is 4. The molecular formula is C58H56F34O2S2. The van der Waals surface area contributed by atoms with Crippen LogP contribution in [0.4, 0.5) is 149 Å². The SMILES string of the molecule is FC(F)(F)C(F)(F)C(F)(F)C(F)(F)C(F)(F)C(F)(F)C(F)(F)C(F)(F)COc1ccc2cc(CCCCCCCCCCS)ccc2c1-c1c(OCC(F)(F)C(F)(F)C(F)(F)C(F)(F)C(F)(F)C(F)(F)C(F)(F)C(F)(F)F)ccc2cc(CCCCCCCCCCS)ccc12. The van der Waals surface area contributed by atoms with Gasteiger partial charge in [-0.2, -0.15) is 175 Å². The van der Waals surface area contributed by atoms with Crippen molar-refractivity contribution in [1.82, 2.24) is 0 Å². The molecular weight excluding hydrogens is 1440 g/mol. The van der Waals surface area contributed by atoms with Crippen LogP contribution in [0.2, 0.25) is 0 Å². The van der Waals surface area contributed by atoms with Crippen LogP contribution in [0.5, 0.6) is 11.5 Å². The highest BCUT2D eigenvalue weighted by atomic mass is 32.1. The van der Waals surface area contributed by atoms with Crippen LogP contribution < -0.4 is 9.47 Å². The molecule has 0 saturated heterocycles. The van der Waals surface area contributed by atoms with E-state index < -0.39 is 142 Å². The van der Waals surface area contributed by atoms with Crippen molar-refractivity contribution in [3.63, 3.8) is 0 Å². The van der Waals surface area contributed by atoms with Gasteiger partial charge >= 0.3 is 95.3 Å². The van der Waals surface area contributed by atoms with Crippen molar-refractivity contribution >= 4 is 46.8 Å². The van der Waals surface area contributed by atoms with E-state index in [2.05, 4.69) is 34.7 Å². The standard InChI is InChI=1S/C58H56F34O2S2/c59-43(60,45(63,64)47(67,68)49(71,72)51(75,76)53(79,80)55(83,84)57(87,88)89)31-93-39-25-21-35-29-33(17-13-9-5-1-3-7-11-15-27-95)19-23-37(35)41(39)42-38-24-20-34(18-14-10-6-2-4-8-12-16-28-96)30-36(38)22-26-40(42)94-32-44(61,62)46(65,66)48(69,70)50(73,74)52(77,78)54(81,82)56(85,86)58(90,91)92/h19-26,29-30,95-96H,1-18,27-28,31-32H2. The summed E-state index contributed by atoms with van der Waals surface area (Å²) in [5.74, 6) is -122. The van der Waals surface area contributed by atoms with E-state index in [0.717, 1.165) is 101 Å². The maximum absolute atomic E-state index is 15.7. The summed E-state index contributed by atoms with van der Waals surface area (Å²) in [5.41, 5.74) is -1.84. The molecule has 4 aromatic rings. The van der Waals surface area contributed by atoms with E-state index in [-0.39, 0.29) is 23.6 Å². The van der Waals surface area contributed by atoms with Crippen molar-refractivity contribution in [2.75, 3.05) is 24.7 Å². The summed E-state index contributed by atoms with van der Waals surface area (Å²) >= 11 is 8.23. The molecule has 550 valence electrons. The number of halogens is 34. The zero-order chi connectivity index (χ0) is 73.8. The molecule has 0 heterocycles. The number of hydrogen-bond donors (Lipinski definition) is 2. The van der Waals surface area contributed by atoms with E-state index in [4.69, 9.17) is 0 Å². The normalized spacial score (nSPS) is 14.8. The Morgan fingerprint density at radius 1 is 0.250 bits per heavy atom.